The Labute approximate surface area is 104 Å². The number of Topliss-reactive ketones (excluding diaryl/α,β-unsaturated/α-hetero) is 1. The number of ketones is 1. The average Bonchev–Trinajstić information content (AvgIpc) is 2.48. The minimum absolute atomic E-state index is 0.139. The lowest BCUT2D eigenvalue weighted by Gasteiger charge is -2.30. The van der Waals surface area contributed by atoms with Crippen molar-refractivity contribution in [3.63, 3.8) is 0 Å². The average molecular weight is 237 g/mol. The Kier molecular flexibility index (Phi) is 3.04. The molecule has 1 fully saturated rings. The monoisotopic (exact) mass is 237 g/mol. The fourth-order valence-corrected chi connectivity index (χ4v) is 3.63. The van der Waals surface area contributed by atoms with Gasteiger partial charge < -0.3 is 0 Å². The van der Waals surface area contributed by atoms with Gasteiger partial charge in [-0.1, -0.05) is 13.8 Å². The molecule has 0 aromatic carbocycles. The van der Waals surface area contributed by atoms with Crippen LogP contribution in [0, 0.1) is 11.3 Å². The second-order valence-corrected chi connectivity index (χ2v) is 6.17. The minimum Gasteiger partial charge on any atom is -0.299 e. The van der Waals surface area contributed by atoms with E-state index in [2.05, 4.69) is 44.3 Å². The predicted molar refractivity (Wildman–Crippen MR) is 69.2 cm³/mol. The highest BCUT2D eigenvalue weighted by atomic mass is 16.1. The van der Waals surface area contributed by atoms with Gasteiger partial charge in [-0.05, 0) is 26.2 Å². The molecule has 1 saturated carbocycles. The molecule has 0 aromatic rings. The number of rotatable bonds is 2. The number of fused-ring (bicyclic) bond motifs is 1. The zero-order valence-corrected chi connectivity index (χ0v) is 11.8. The highest BCUT2D eigenvalue weighted by molar-refractivity contribution is 6.06. The van der Waals surface area contributed by atoms with Crippen LogP contribution in [-0.2, 0) is 4.79 Å². The van der Waals surface area contributed by atoms with Crippen LogP contribution in [0.1, 0.15) is 47.5 Å². The maximum Gasteiger partial charge on any atom is 0.195 e. The molecule has 0 aromatic heterocycles. The molecule has 3 heteroatoms. The number of carbonyl (C=O) groups is 1. The summed E-state index contributed by atoms with van der Waals surface area (Å²) >= 11 is 0. The normalized spacial score (nSPS) is 32.1. The molecular weight excluding hydrogens is 212 g/mol. The quantitative estimate of drug-likeness (QED) is 0.687. The van der Waals surface area contributed by atoms with E-state index in [1.165, 1.54) is 5.71 Å². The molecule has 96 valence electrons. The molecule has 1 heterocycles. The predicted octanol–water partition coefficient (Wildman–Crippen LogP) is 2.10. The fourth-order valence-electron chi connectivity index (χ4n) is 3.63. The summed E-state index contributed by atoms with van der Waals surface area (Å²) in [5.74, 6) is 0.598. The van der Waals surface area contributed by atoms with Crippen LogP contribution >= 0.6 is 0 Å². The van der Waals surface area contributed by atoms with E-state index >= 15 is 0 Å². The number of nitrogens with zero attached hydrogens (tertiary/aromatic N) is 2. The van der Waals surface area contributed by atoms with E-state index < -0.39 is 0 Å². The molecule has 0 radical (unpaired) electrons. The van der Waals surface area contributed by atoms with Crippen molar-refractivity contribution in [2.45, 2.75) is 53.5 Å². The standard InChI is InChI=1S/C14H25N2O/c1-6-15-10(3)13-11(16(15)7-2)8-14(4,5)9-12(13)17/h10,13H,6-9H2,1-5H3/q+1. The van der Waals surface area contributed by atoms with E-state index in [1.54, 1.807) is 0 Å². The largest absolute Gasteiger partial charge is 0.299 e. The third kappa shape index (κ3) is 1.90. The summed E-state index contributed by atoms with van der Waals surface area (Å²) in [5.41, 5.74) is 1.50. The lowest BCUT2D eigenvalue weighted by Crippen LogP contribution is -2.42. The first-order chi connectivity index (χ1) is 7.91. The molecule has 17 heavy (non-hydrogen) atoms. The van der Waals surface area contributed by atoms with Crippen LogP contribution in [-0.4, -0.2) is 40.3 Å². The van der Waals surface area contributed by atoms with Crippen LogP contribution in [0.5, 0.6) is 0 Å². The molecule has 0 amide bonds. The summed E-state index contributed by atoms with van der Waals surface area (Å²) in [4.78, 5) is 12.4. The van der Waals surface area contributed by atoms with E-state index in [9.17, 15) is 4.79 Å². The Morgan fingerprint density at radius 3 is 2.53 bits per heavy atom. The van der Waals surface area contributed by atoms with Crippen molar-refractivity contribution < 1.29 is 9.48 Å². The van der Waals surface area contributed by atoms with Gasteiger partial charge in [0.2, 0.25) is 0 Å². The summed E-state index contributed by atoms with van der Waals surface area (Å²) in [6.07, 6.45) is 1.80. The fraction of sp³-hybridized carbons (Fsp3) is 0.857. The Balaban J connectivity index is 2.43. The molecule has 2 aliphatic rings. The molecule has 1 aliphatic heterocycles. The van der Waals surface area contributed by atoms with Gasteiger partial charge in [0.05, 0.1) is 6.54 Å². The van der Waals surface area contributed by atoms with Gasteiger partial charge >= 0.3 is 0 Å². The van der Waals surface area contributed by atoms with E-state index in [-0.39, 0.29) is 11.3 Å². The van der Waals surface area contributed by atoms with Crippen LogP contribution in [0.2, 0.25) is 0 Å². The molecule has 2 atom stereocenters. The van der Waals surface area contributed by atoms with Crippen LogP contribution < -0.4 is 0 Å². The van der Waals surface area contributed by atoms with Crippen LogP contribution in [0.4, 0.5) is 0 Å². The first-order valence-corrected chi connectivity index (χ1v) is 6.83. The highest BCUT2D eigenvalue weighted by Gasteiger charge is 2.53. The van der Waals surface area contributed by atoms with E-state index in [4.69, 9.17) is 0 Å². The molecular formula is C14H25N2O+. The van der Waals surface area contributed by atoms with Gasteiger partial charge in [0.1, 0.15) is 17.7 Å². The van der Waals surface area contributed by atoms with Gasteiger partial charge in [-0.15, -0.1) is 4.68 Å². The third-order valence-corrected chi connectivity index (χ3v) is 4.24. The SMILES string of the molecule is CCN1C(C)C2C(=O)CC(C)(C)CC2=[N+]1CC. The molecule has 3 nitrogen and oxygen atoms in total. The van der Waals surface area contributed by atoms with Crippen molar-refractivity contribution in [1.29, 1.82) is 0 Å². The second kappa shape index (κ2) is 4.11. The van der Waals surface area contributed by atoms with Gasteiger partial charge in [-0.2, -0.15) is 5.01 Å². The van der Waals surface area contributed by atoms with Crippen LogP contribution in [0.25, 0.3) is 0 Å². The third-order valence-electron chi connectivity index (χ3n) is 4.24. The Bertz CT molecular complexity index is 370. The summed E-state index contributed by atoms with van der Waals surface area (Å²) in [7, 11) is 0. The summed E-state index contributed by atoms with van der Waals surface area (Å²) in [6, 6.07) is 0.346. The first-order valence-electron chi connectivity index (χ1n) is 6.83. The van der Waals surface area contributed by atoms with Crippen molar-refractivity contribution >= 4 is 11.5 Å². The zero-order chi connectivity index (χ0) is 12.8. The molecule has 2 rings (SSSR count). The van der Waals surface area contributed by atoms with Crippen molar-refractivity contribution in [3.05, 3.63) is 0 Å². The molecule has 2 unspecified atom stereocenters. The smallest absolute Gasteiger partial charge is 0.195 e. The van der Waals surface area contributed by atoms with Crippen molar-refractivity contribution in [2.24, 2.45) is 11.3 Å². The second-order valence-electron chi connectivity index (χ2n) is 6.17. The lowest BCUT2D eigenvalue weighted by molar-refractivity contribution is -0.685. The summed E-state index contributed by atoms with van der Waals surface area (Å²) in [6.45, 7) is 12.9. The molecule has 0 saturated heterocycles. The topological polar surface area (TPSA) is 23.3 Å². The van der Waals surface area contributed by atoms with Gasteiger partial charge in [0, 0.05) is 12.8 Å². The highest BCUT2D eigenvalue weighted by Crippen LogP contribution is 2.39. The summed E-state index contributed by atoms with van der Waals surface area (Å²) < 4.78 is 2.36. The van der Waals surface area contributed by atoms with Crippen molar-refractivity contribution in [2.75, 3.05) is 13.1 Å². The van der Waals surface area contributed by atoms with Gasteiger partial charge in [-0.25, -0.2) is 0 Å². The molecule has 0 bridgehead atoms. The maximum atomic E-state index is 12.4. The number of carbonyl (C=O) groups excluding carboxylic acids is 1. The van der Waals surface area contributed by atoms with Gasteiger partial charge in [0.25, 0.3) is 0 Å². The minimum atomic E-state index is 0.139. The first kappa shape index (κ1) is 12.6. The summed E-state index contributed by atoms with van der Waals surface area (Å²) in [5, 5.41) is 2.36. The molecule has 0 spiro atoms. The number of hydrazone groups is 1. The van der Waals surface area contributed by atoms with E-state index in [0.29, 0.717) is 11.8 Å². The van der Waals surface area contributed by atoms with Crippen molar-refractivity contribution in [3.8, 4) is 0 Å². The maximum absolute atomic E-state index is 12.4. The number of hydrogen-bond donors (Lipinski definition) is 0. The van der Waals surface area contributed by atoms with E-state index in [0.717, 1.165) is 25.9 Å². The zero-order valence-electron chi connectivity index (χ0n) is 11.8. The molecule has 0 N–H and O–H groups in total. The van der Waals surface area contributed by atoms with Crippen LogP contribution in [0.15, 0.2) is 0 Å². The van der Waals surface area contributed by atoms with Gasteiger partial charge in [0.15, 0.2) is 12.3 Å². The van der Waals surface area contributed by atoms with Gasteiger partial charge in [-0.3, -0.25) is 4.79 Å². The Morgan fingerprint density at radius 1 is 1.35 bits per heavy atom. The number of hydrogen-bond acceptors (Lipinski definition) is 2. The Morgan fingerprint density at radius 2 is 2.00 bits per heavy atom. The Hall–Kier alpha value is -0.860. The van der Waals surface area contributed by atoms with Crippen LogP contribution in [0.3, 0.4) is 0 Å². The van der Waals surface area contributed by atoms with E-state index in [1.807, 2.05) is 0 Å². The van der Waals surface area contributed by atoms with Crippen molar-refractivity contribution in [1.82, 2.24) is 5.01 Å². The number of hydrazine groups is 1. The lowest BCUT2D eigenvalue weighted by atomic mass is 9.70. The molecule has 1 aliphatic carbocycles.